The highest BCUT2D eigenvalue weighted by Crippen LogP contribution is 2.22. The lowest BCUT2D eigenvalue weighted by Crippen LogP contribution is -2.41. The summed E-state index contributed by atoms with van der Waals surface area (Å²) in [4.78, 5) is 13.5. The lowest BCUT2D eigenvalue weighted by atomic mass is 9.90. The molecule has 0 heterocycles. The molecule has 1 saturated carbocycles. The molecule has 0 saturated heterocycles. The van der Waals surface area contributed by atoms with Crippen LogP contribution in [0.3, 0.4) is 0 Å². The van der Waals surface area contributed by atoms with Gasteiger partial charge in [-0.05, 0) is 45.2 Å². The highest BCUT2D eigenvalue weighted by molar-refractivity contribution is 5.69. The Labute approximate surface area is 104 Å². The number of ether oxygens (including phenoxy) is 1. The van der Waals surface area contributed by atoms with Gasteiger partial charge in [-0.15, -0.1) is 0 Å². The first kappa shape index (κ1) is 14.5. The lowest BCUT2D eigenvalue weighted by molar-refractivity contribution is -0.140. The maximum Gasteiger partial charge on any atom is 0.305 e. The van der Waals surface area contributed by atoms with Gasteiger partial charge >= 0.3 is 5.97 Å². The lowest BCUT2D eigenvalue weighted by Gasteiger charge is -2.35. The van der Waals surface area contributed by atoms with Crippen LogP contribution in [0, 0.1) is 0 Å². The van der Waals surface area contributed by atoms with E-state index in [1.54, 1.807) is 0 Å². The molecule has 0 radical (unpaired) electrons. The quantitative estimate of drug-likeness (QED) is 0.718. The van der Waals surface area contributed by atoms with Crippen molar-refractivity contribution in [3.8, 4) is 0 Å². The number of carbonyl (C=O) groups excluding carboxylic acids is 1. The molecule has 0 unspecified atom stereocenters. The zero-order chi connectivity index (χ0) is 12.7. The van der Waals surface area contributed by atoms with Gasteiger partial charge in [0.25, 0.3) is 0 Å². The fourth-order valence-electron chi connectivity index (χ4n) is 2.59. The van der Waals surface area contributed by atoms with Crippen molar-refractivity contribution in [1.29, 1.82) is 0 Å². The summed E-state index contributed by atoms with van der Waals surface area (Å²) in [5.74, 6) is -0.105. The van der Waals surface area contributed by atoms with Crippen LogP contribution in [0.15, 0.2) is 0 Å². The smallest absolute Gasteiger partial charge is 0.305 e. The molecule has 1 aliphatic rings. The van der Waals surface area contributed by atoms with Gasteiger partial charge in [-0.1, -0.05) is 6.92 Å². The summed E-state index contributed by atoms with van der Waals surface area (Å²) >= 11 is 0. The molecule has 0 aliphatic heterocycles. The van der Waals surface area contributed by atoms with Crippen molar-refractivity contribution in [2.45, 2.75) is 57.5 Å². The third-order valence-corrected chi connectivity index (χ3v) is 3.72. The first-order valence-electron chi connectivity index (χ1n) is 6.73. The van der Waals surface area contributed by atoms with Gasteiger partial charge < -0.3 is 15.4 Å². The van der Waals surface area contributed by atoms with Gasteiger partial charge in [-0.25, -0.2) is 0 Å². The second-order valence-electron chi connectivity index (χ2n) is 4.88. The van der Waals surface area contributed by atoms with Crippen molar-refractivity contribution in [1.82, 2.24) is 4.90 Å². The normalized spacial score (nSPS) is 24.9. The van der Waals surface area contributed by atoms with Gasteiger partial charge in [-0.3, -0.25) is 4.79 Å². The Morgan fingerprint density at radius 2 is 2.00 bits per heavy atom. The Hall–Kier alpha value is -0.610. The maximum absolute atomic E-state index is 11.0. The van der Waals surface area contributed by atoms with Crippen molar-refractivity contribution < 1.29 is 9.53 Å². The van der Waals surface area contributed by atoms with E-state index >= 15 is 0 Å². The molecular formula is C13H26N2O2. The van der Waals surface area contributed by atoms with E-state index < -0.39 is 0 Å². The number of esters is 1. The molecule has 0 aromatic rings. The summed E-state index contributed by atoms with van der Waals surface area (Å²) in [5.41, 5.74) is 5.92. The van der Waals surface area contributed by atoms with Gasteiger partial charge in [0, 0.05) is 18.5 Å². The highest BCUT2D eigenvalue weighted by Gasteiger charge is 2.22. The number of hydrogen-bond acceptors (Lipinski definition) is 4. The number of hydrogen-bond donors (Lipinski definition) is 1. The average molecular weight is 242 g/mol. The number of methoxy groups -OCH3 is 1. The highest BCUT2D eigenvalue weighted by atomic mass is 16.5. The first-order chi connectivity index (χ1) is 8.17. The number of carbonyl (C=O) groups is 1. The van der Waals surface area contributed by atoms with Crippen molar-refractivity contribution in [2.75, 3.05) is 20.2 Å². The molecular weight excluding hydrogens is 216 g/mol. The van der Waals surface area contributed by atoms with Gasteiger partial charge in [0.2, 0.25) is 0 Å². The number of nitrogens with two attached hydrogens (primary N) is 1. The first-order valence-corrected chi connectivity index (χ1v) is 6.73. The van der Waals surface area contributed by atoms with Crippen LogP contribution in [0.25, 0.3) is 0 Å². The Morgan fingerprint density at radius 1 is 1.35 bits per heavy atom. The fourth-order valence-corrected chi connectivity index (χ4v) is 2.59. The zero-order valence-electron chi connectivity index (χ0n) is 11.2. The Kier molecular flexibility index (Phi) is 6.52. The third-order valence-electron chi connectivity index (χ3n) is 3.72. The van der Waals surface area contributed by atoms with Crippen LogP contribution in [0.5, 0.6) is 0 Å². The second-order valence-corrected chi connectivity index (χ2v) is 4.88. The summed E-state index contributed by atoms with van der Waals surface area (Å²) in [6.07, 6.45) is 6.10. The second kappa shape index (κ2) is 7.67. The zero-order valence-corrected chi connectivity index (χ0v) is 11.2. The van der Waals surface area contributed by atoms with E-state index in [0.29, 0.717) is 18.5 Å². The minimum atomic E-state index is -0.105. The predicted molar refractivity (Wildman–Crippen MR) is 68.7 cm³/mol. The number of rotatable bonds is 6. The molecule has 2 N–H and O–H groups in total. The van der Waals surface area contributed by atoms with Crippen molar-refractivity contribution in [2.24, 2.45) is 5.73 Å². The molecule has 1 fully saturated rings. The van der Waals surface area contributed by atoms with Crippen LogP contribution in [0.4, 0.5) is 0 Å². The van der Waals surface area contributed by atoms with Crippen LogP contribution in [-0.2, 0) is 9.53 Å². The van der Waals surface area contributed by atoms with Gasteiger partial charge in [0.1, 0.15) is 0 Å². The van der Waals surface area contributed by atoms with E-state index in [2.05, 4.69) is 16.6 Å². The standard InChI is InChI=1S/C13H26N2O2/c1-3-15(10-4-5-13(16)17-2)12-8-6-11(14)7-9-12/h11-12H,3-10,14H2,1-2H3. The van der Waals surface area contributed by atoms with E-state index in [-0.39, 0.29) is 5.97 Å². The maximum atomic E-state index is 11.0. The van der Waals surface area contributed by atoms with Gasteiger partial charge in [0.15, 0.2) is 0 Å². The summed E-state index contributed by atoms with van der Waals surface area (Å²) in [6, 6.07) is 1.07. The number of nitrogens with zero attached hydrogens (tertiary/aromatic N) is 1. The molecule has 0 aromatic carbocycles. The van der Waals surface area contributed by atoms with Crippen molar-refractivity contribution in [3.05, 3.63) is 0 Å². The Balaban J connectivity index is 2.25. The van der Waals surface area contributed by atoms with Crippen LogP contribution in [0.2, 0.25) is 0 Å². The third kappa shape index (κ3) is 5.04. The Bertz CT molecular complexity index is 225. The Morgan fingerprint density at radius 3 is 2.53 bits per heavy atom. The largest absolute Gasteiger partial charge is 0.469 e. The van der Waals surface area contributed by atoms with Crippen molar-refractivity contribution >= 4 is 5.97 Å². The van der Waals surface area contributed by atoms with E-state index in [9.17, 15) is 4.79 Å². The summed E-state index contributed by atoms with van der Waals surface area (Å²) in [7, 11) is 1.45. The van der Waals surface area contributed by atoms with Crippen molar-refractivity contribution in [3.63, 3.8) is 0 Å². The minimum absolute atomic E-state index is 0.105. The molecule has 100 valence electrons. The van der Waals surface area contributed by atoms with Crippen LogP contribution in [0.1, 0.15) is 45.4 Å². The van der Waals surface area contributed by atoms with E-state index in [4.69, 9.17) is 5.73 Å². The molecule has 1 rings (SSSR count). The summed E-state index contributed by atoms with van der Waals surface area (Å²) < 4.78 is 4.65. The topological polar surface area (TPSA) is 55.6 Å². The van der Waals surface area contributed by atoms with Crippen LogP contribution < -0.4 is 5.73 Å². The average Bonchev–Trinajstić information content (AvgIpc) is 2.35. The molecule has 0 amide bonds. The van der Waals surface area contributed by atoms with Crippen LogP contribution in [-0.4, -0.2) is 43.2 Å². The van der Waals surface area contributed by atoms with E-state index in [1.165, 1.54) is 20.0 Å². The monoisotopic (exact) mass is 242 g/mol. The van der Waals surface area contributed by atoms with E-state index in [0.717, 1.165) is 32.4 Å². The SMILES string of the molecule is CCN(CCCC(=O)OC)C1CCC(N)CC1. The summed E-state index contributed by atoms with van der Waals surface area (Å²) in [5, 5.41) is 0. The summed E-state index contributed by atoms with van der Waals surface area (Å²) in [6.45, 7) is 4.24. The molecule has 0 atom stereocenters. The molecule has 0 spiro atoms. The molecule has 0 bridgehead atoms. The molecule has 1 aliphatic carbocycles. The molecule has 0 aromatic heterocycles. The molecule has 4 nitrogen and oxygen atoms in total. The fraction of sp³-hybridized carbons (Fsp3) is 0.923. The predicted octanol–water partition coefficient (Wildman–Crippen LogP) is 1.53. The molecule has 4 heteroatoms. The van der Waals surface area contributed by atoms with Gasteiger partial charge in [-0.2, -0.15) is 0 Å². The van der Waals surface area contributed by atoms with E-state index in [1.807, 2.05) is 0 Å². The minimum Gasteiger partial charge on any atom is -0.469 e. The van der Waals surface area contributed by atoms with Gasteiger partial charge in [0.05, 0.1) is 7.11 Å². The van der Waals surface area contributed by atoms with Crippen LogP contribution >= 0.6 is 0 Å². The molecule has 17 heavy (non-hydrogen) atoms.